The van der Waals surface area contributed by atoms with Crippen LogP contribution in [0.5, 0.6) is 5.75 Å². The van der Waals surface area contributed by atoms with Crippen LogP contribution in [0.15, 0.2) is 46.9 Å². The van der Waals surface area contributed by atoms with Gasteiger partial charge in [0.1, 0.15) is 5.75 Å². The van der Waals surface area contributed by atoms with Gasteiger partial charge in [-0.1, -0.05) is 18.2 Å². The second-order valence-electron chi connectivity index (χ2n) is 5.05. The molecule has 0 saturated heterocycles. The lowest BCUT2D eigenvalue weighted by molar-refractivity contribution is 0.374. The molecule has 2 aromatic rings. The number of rotatable bonds is 4. The van der Waals surface area contributed by atoms with Crippen molar-refractivity contribution in [2.75, 3.05) is 13.4 Å². The standard InChI is InChI=1S/C15H16N2O3S2/c1-20-12-7-5-11(6-8-12)14-10-13(15-4-3-9-21-15)16-17(14)22(2,18)19/h3-9,14H,10H2,1-2H3/t14-/m0/s1. The molecule has 116 valence electrons. The first-order chi connectivity index (χ1) is 10.5. The number of methoxy groups -OCH3 is 1. The average molecular weight is 336 g/mol. The molecule has 0 saturated carbocycles. The van der Waals surface area contributed by atoms with Gasteiger partial charge in [-0.05, 0) is 29.1 Å². The fourth-order valence-electron chi connectivity index (χ4n) is 2.46. The quantitative estimate of drug-likeness (QED) is 0.862. The number of sulfonamides is 1. The summed E-state index contributed by atoms with van der Waals surface area (Å²) in [6, 6.07) is 11.0. The summed E-state index contributed by atoms with van der Waals surface area (Å²) in [5, 5.41) is 6.31. The summed E-state index contributed by atoms with van der Waals surface area (Å²) < 4.78 is 30.5. The lowest BCUT2D eigenvalue weighted by atomic mass is 10.0. The average Bonchev–Trinajstić information content (AvgIpc) is 3.15. The van der Waals surface area contributed by atoms with E-state index in [1.807, 2.05) is 41.8 Å². The van der Waals surface area contributed by atoms with E-state index in [1.54, 1.807) is 18.4 Å². The largest absolute Gasteiger partial charge is 0.497 e. The Morgan fingerprint density at radius 1 is 1.27 bits per heavy atom. The minimum absolute atomic E-state index is 0.307. The van der Waals surface area contributed by atoms with Crippen LogP contribution in [0.3, 0.4) is 0 Å². The Kier molecular flexibility index (Phi) is 3.92. The van der Waals surface area contributed by atoms with E-state index in [2.05, 4.69) is 5.10 Å². The Morgan fingerprint density at radius 2 is 2.00 bits per heavy atom. The van der Waals surface area contributed by atoms with E-state index in [-0.39, 0.29) is 6.04 Å². The molecular weight excluding hydrogens is 320 g/mol. The molecule has 2 heterocycles. The molecule has 1 atom stereocenters. The Labute approximate surface area is 133 Å². The van der Waals surface area contributed by atoms with Crippen molar-refractivity contribution in [2.24, 2.45) is 5.10 Å². The van der Waals surface area contributed by atoms with Gasteiger partial charge in [-0.15, -0.1) is 11.3 Å². The van der Waals surface area contributed by atoms with E-state index < -0.39 is 10.0 Å². The van der Waals surface area contributed by atoms with E-state index in [4.69, 9.17) is 4.74 Å². The molecule has 0 radical (unpaired) electrons. The molecule has 3 rings (SSSR count). The second-order valence-corrected chi connectivity index (χ2v) is 7.84. The Morgan fingerprint density at radius 3 is 2.55 bits per heavy atom. The van der Waals surface area contributed by atoms with Gasteiger partial charge in [-0.3, -0.25) is 0 Å². The number of hydrogen-bond acceptors (Lipinski definition) is 5. The number of benzene rings is 1. The summed E-state index contributed by atoms with van der Waals surface area (Å²) in [6.45, 7) is 0. The Bertz CT molecular complexity index is 781. The van der Waals surface area contributed by atoms with E-state index in [0.717, 1.165) is 21.9 Å². The van der Waals surface area contributed by atoms with Crippen LogP contribution < -0.4 is 4.74 Å². The van der Waals surface area contributed by atoms with Crippen LogP contribution in [0.4, 0.5) is 0 Å². The maximum absolute atomic E-state index is 12.1. The monoisotopic (exact) mass is 336 g/mol. The SMILES string of the molecule is COc1ccc([C@@H]2CC(c3cccs3)=NN2S(C)(=O)=O)cc1. The van der Waals surface area contributed by atoms with Crippen LogP contribution in [-0.4, -0.2) is 31.9 Å². The summed E-state index contributed by atoms with van der Waals surface area (Å²) in [4.78, 5) is 1.00. The summed E-state index contributed by atoms with van der Waals surface area (Å²) in [5.74, 6) is 0.743. The van der Waals surface area contributed by atoms with Crippen LogP contribution in [-0.2, 0) is 10.0 Å². The van der Waals surface area contributed by atoms with Gasteiger partial charge in [-0.2, -0.15) is 9.52 Å². The van der Waals surface area contributed by atoms with Crippen molar-refractivity contribution in [3.63, 3.8) is 0 Å². The van der Waals surface area contributed by atoms with Crippen molar-refractivity contribution in [1.29, 1.82) is 0 Å². The summed E-state index contributed by atoms with van der Waals surface area (Å²) in [5.41, 5.74) is 1.71. The van der Waals surface area contributed by atoms with Crippen molar-refractivity contribution in [3.8, 4) is 5.75 Å². The molecule has 0 fully saturated rings. The first kappa shape index (κ1) is 15.1. The smallest absolute Gasteiger partial charge is 0.247 e. The summed E-state index contributed by atoms with van der Waals surface area (Å²) in [6.07, 6.45) is 1.75. The molecule has 0 bridgehead atoms. The molecule has 0 N–H and O–H groups in total. The fraction of sp³-hybridized carbons (Fsp3) is 0.267. The zero-order valence-corrected chi connectivity index (χ0v) is 13.9. The van der Waals surface area contributed by atoms with Crippen LogP contribution >= 0.6 is 11.3 Å². The molecule has 1 aliphatic rings. The number of ether oxygens (including phenoxy) is 1. The van der Waals surface area contributed by atoms with Crippen molar-refractivity contribution in [2.45, 2.75) is 12.5 Å². The van der Waals surface area contributed by atoms with Crippen LogP contribution in [0, 0.1) is 0 Å². The van der Waals surface area contributed by atoms with E-state index >= 15 is 0 Å². The number of hydrazone groups is 1. The van der Waals surface area contributed by atoms with Gasteiger partial charge < -0.3 is 4.74 Å². The number of hydrogen-bond donors (Lipinski definition) is 0. The van der Waals surface area contributed by atoms with E-state index in [0.29, 0.717) is 6.42 Å². The molecule has 1 aromatic heterocycles. The zero-order chi connectivity index (χ0) is 15.7. The van der Waals surface area contributed by atoms with Crippen LogP contribution in [0.25, 0.3) is 0 Å². The van der Waals surface area contributed by atoms with Gasteiger partial charge in [0.05, 0.1) is 30.0 Å². The Balaban J connectivity index is 1.96. The van der Waals surface area contributed by atoms with Gasteiger partial charge in [0, 0.05) is 6.42 Å². The van der Waals surface area contributed by atoms with Gasteiger partial charge in [0.2, 0.25) is 10.0 Å². The lowest BCUT2D eigenvalue weighted by Crippen LogP contribution is -2.25. The molecule has 7 heteroatoms. The topological polar surface area (TPSA) is 59.0 Å². The molecule has 0 unspecified atom stereocenters. The highest BCUT2D eigenvalue weighted by molar-refractivity contribution is 7.88. The minimum Gasteiger partial charge on any atom is -0.497 e. The van der Waals surface area contributed by atoms with Crippen molar-refractivity contribution < 1.29 is 13.2 Å². The summed E-state index contributed by atoms with van der Waals surface area (Å²) in [7, 11) is -1.82. The van der Waals surface area contributed by atoms with Gasteiger partial charge in [0.25, 0.3) is 0 Å². The fourth-order valence-corrected chi connectivity index (χ4v) is 4.09. The minimum atomic E-state index is -3.42. The van der Waals surface area contributed by atoms with Crippen molar-refractivity contribution in [3.05, 3.63) is 52.2 Å². The maximum atomic E-state index is 12.1. The molecule has 1 aliphatic heterocycles. The van der Waals surface area contributed by atoms with Gasteiger partial charge in [-0.25, -0.2) is 8.42 Å². The first-order valence-corrected chi connectivity index (χ1v) is 9.46. The molecule has 0 amide bonds. The highest BCUT2D eigenvalue weighted by Crippen LogP contribution is 2.35. The maximum Gasteiger partial charge on any atom is 0.247 e. The molecule has 5 nitrogen and oxygen atoms in total. The van der Waals surface area contributed by atoms with Crippen LogP contribution in [0.2, 0.25) is 0 Å². The van der Waals surface area contributed by atoms with E-state index in [1.165, 1.54) is 10.7 Å². The normalized spacial score (nSPS) is 18.4. The van der Waals surface area contributed by atoms with Gasteiger partial charge in [0.15, 0.2) is 0 Å². The molecule has 0 aliphatic carbocycles. The second kappa shape index (κ2) is 5.73. The number of nitrogens with zero attached hydrogens (tertiary/aromatic N) is 2. The zero-order valence-electron chi connectivity index (χ0n) is 12.3. The predicted molar refractivity (Wildman–Crippen MR) is 87.9 cm³/mol. The third-order valence-electron chi connectivity index (χ3n) is 3.52. The van der Waals surface area contributed by atoms with E-state index in [9.17, 15) is 8.42 Å². The highest BCUT2D eigenvalue weighted by Gasteiger charge is 2.34. The third-order valence-corrected chi connectivity index (χ3v) is 5.45. The predicted octanol–water partition coefficient (Wildman–Crippen LogP) is 2.87. The molecular formula is C15H16N2O3S2. The molecule has 1 aromatic carbocycles. The third kappa shape index (κ3) is 2.86. The Hall–Kier alpha value is -1.86. The molecule has 22 heavy (non-hydrogen) atoms. The lowest BCUT2D eigenvalue weighted by Gasteiger charge is -2.21. The summed E-state index contributed by atoms with van der Waals surface area (Å²) >= 11 is 1.56. The number of thiophene rings is 1. The van der Waals surface area contributed by atoms with Crippen molar-refractivity contribution >= 4 is 27.1 Å². The van der Waals surface area contributed by atoms with Gasteiger partial charge >= 0.3 is 0 Å². The highest BCUT2D eigenvalue weighted by atomic mass is 32.2. The van der Waals surface area contributed by atoms with Crippen molar-refractivity contribution in [1.82, 2.24) is 4.41 Å². The molecule has 0 spiro atoms. The van der Waals surface area contributed by atoms with Crippen LogP contribution in [0.1, 0.15) is 22.9 Å². The first-order valence-electron chi connectivity index (χ1n) is 6.74.